The number of piperidine rings is 1. The molecule has 2 fully saturated rings. The van der Waals surface area contributed by atoms with Gasteiger partial charge in [0.2, 0.25) is 0 Å². The molecular weight excluding hydrogens is 196 g/mol. The van der Waals surface area contributed by atoms with Gasteiger partial charge in [-0.15, -0.1) is 0 Å². The second-order valence-corrected chi connectivity index (χ2v) is 4.12. The standard InChI is InChI=1S/C10H18N2O3/c13-9-2-1-3-12(8-9)10(14)11-4-6-15-7-5-11/h9,13H,1-8H2/t9-/m0/s1. The summed E-state index contributed by atoms with van der Waals surface area (Å²) in [4.78, 5) is 15.5. The van der Waals surface area contributed by atoms with Gasteiger partial charge in [0.05, 0.1) is 19.3 Å². The Morgan fingerprint density at radius 3 is 2.60 bits per heavy atom. The van der Waals surface area contributed by atoms with E-state index in [0.717, 1.165) is 19.4 Å². The lowest BCUT2D eigenvalue weighted by molar-refractivity contribution is 0.0298. The van der Waals surface area contributed by atoms with Crippen molar-refractivity contribution in [1.29, 1.82) is 0 Å². The van der Waals surface area contributed by atoms with Crippen LogP contribution < -0.4 is 0 Å². The number of morpholine rings is 1. The van der Waals surface area contributed by atoms with E-state index in [1.54, 1.807) is 4.90 Å². The number of β-amino-alcohol motifs (C(OH)–C–C–N with tert-alkyl or cyclic N) is 1. The van der Waals surface area contributed by atoms with Crippen molar-refractivity contribution in [1.82, 2.24) is 9.80 Å². The van der Waals surface area contributed by atoms with E-state index >= 15 is 0 Å². The maximum Gasteiger partial charge on any atom is 0.320 e. The third-order valence-electron chi connectivity index (χ3n) is 2.95. The van der Waals surface area contributed by atoms with Crippen LogP contribution in [-0.4, -0.2) is 66.4 Å². The van der Waals surface area contributed by atoms with E-state index in [0.29, 0.717) is 32.8 Å². The minimum absolute atomic E-state index is 0.0528. The van der Waals surface area contributed by atoms with Crippen LogP contribution in [0.15, 0.2) is 0 Å². The number of ether oxygens (including phenoxy) is 1. The van der Waals surface area contributed by atoms with Crippen molar-refractivity contribution >= 4 is 6.03 Å². The highest BCUT2D eigenvalue weighted by molar-refractivity contribution is 5.74. The molecule has 0 aromatic carbocycles. The third-order valence-corrected chi connectivity index (χ3v) is 2.95. The summed E-state index contributed by atoms with van der Waals surface area (Å²) in [5.41, 5.74) is 0. The maximum atomic E-state index is 12.0. The number of rotatable bonds is 0. The van der Waals surface area contributed by atoms with Gasteiger partial charge in [-0.25, -0.2) is 4.79 Å². The number of aliphatic hydroxyl groups excluding tert-OH is 1. The molecule has 0 aliphatic carbocycles. The Balaban J connectivity index is 1.88. The van der Waals surface area contributed by atoms with E-state index in [1.807, 2.05) is 4.90 Å². The Bertz CT molecular complexity index is 229. The number of hydrogen-bond donors (Lipinski definition) is 1. The van der Waals surface area contributed by atoms with Crippen LogP contribution in [0.5, 0.6) is 0 Å². The van der Waals surface area contributed by atoms with Crippen LogP contribution in [-0.2, 0) is 4.74 Å². The summed E-state index contributed by atoms with van der Waals surface area (Å²) < 4.78 is 5.20. The van der Waals surface area contributed by atoms with E-state index in [9.17, 15) is 9.90 Å². The van der Waals surface area contributed by atoms with Crippen LogP contribution in [0.25, 0.3) is 0 Å². The van der Waals surface area contributed by atoms with Gasteiger partial charge in [-0.2, -0.15) is 0 Å². The van der Waals surface area contributed by atoms with Crippen molar-refractivity contribution < 1.29 is 14.6 Å². The zero-order valence-corrected chi connectivity index (χ0v) is 8.89. The van der Waals surface area contributed by atoms with Crippen LogP contribution >= 0.6 is 0 Å². The van der Waals surface area contributed by atoms with Gasteiger partial charge in [-0.3, -0.25) is 0 Å². The molecule has 0 saturated carbocycles. The molecule has 15 heavy (non-hydrogen) atoms. The van der Waals surface area contributed by atoms with Crippen molar-refractivity contribution in [3.63, 3.8) is 0 Å². The highest BCUT2D eigenvalue weighted by Crippen LogP contribution is 2.12. The lowest BCUT2D eigenvalue weighted by Gasteiger charge is -2.36. The molecule has 2 saturated heterocycles. The highest BCUT2D eigenvalue weighted by Gasteiger charge is 2.26. The monoisotopic (exact) mass is 214 g/mol. The molecule has 0 unspecified atom stereocenters. The van der Waals surface area contributed by atoms with Crippen molar-refractivity contribution in [3.8, 4) is 0 Å². The highest BCUT2D eigenvalue weighted by atomic mass is 16.5. The Morgan fingerprint density at radius 2 is 1.93 bits per heavy atom. The molecule has 2 heterocycles. The summed E-state index contributed by atoms with van der Waals surface area (Å²) in [7, 11) is 0. The molecule has 0 aromatic rings. The fraction of sp³-hybridized carbons (Fsp3) is 0.900. The number of nitrogens with zero attached hydrogens (tertiary/aromatic N) is 2. The van der Waals surface area contributed by atoms with Gasteiger partial charge >= 0.3 is 6.03 Å². The van der Waals surface area contributed by atoms with Crippen LogP contribution in [0.4, 0.5) is 4.79 Å². The summed E-state index contributed by atoms with van der Waals surface area (Å²) in [5.74, 6) is 0. The van der Waals surface area contributed by atoms with E-state index in [4.69, 9.17) is 4.74 Å². The Morgan fingerprint density at radius 1 is 1.20 bits per heavy atom. The first-order chi connectivity index (χ1) is 7.27. The average Bonchev–Trinajstić information content (AvgIpc) is 2.29. The van der Waals surface area contributed by atoms with Gasteiger partial charge in [0.1, 0.15) is 0 Å². The van der Waals surface area contributed by atoms with Crippen molar-refractivity contribution in [2.24, 2.45) is 0 Å². The second-order valence-electron chi connectivity index (χ2n) is 4.12. The summed E-state index contributed by atoms with van der Waals surface area (Å²) in [5, 5.41) is 9.49. The zero-order chi connectivity index (χ0) is 10.7. The molecule has 2 amide bonds. The average molecular weight is 214 g/mol. The van der Waals surface area contributed by atoms with Gasteiger partial charge in [-0.1, -0.05) is 0 Å². The Hall–Kier alpha value is -0.810. The number of carbonyl (C=O) groups excluding carboxylic acids is 1. The van der Waals surface area contributed by atoms with E-state index in [1.165, 1.54) is 0 Å². The molecular formula is C10H18N2O3. The number of hydrogen-bond acceptors (Lipinski definition) is 3. The molecule has 0 aromatic heterocycles. The molecule has 0 radical (unpaired) electrons. The fourth-order valence-corrected chi connectivity index (χ4v) is 2.08. The maximum absolute atomic E-state index is 12.0. The van der Waals surface area contributed by atoms with Gasteiger partial charge in [-0.05, 0) is 12.8 Å². The molecule has 2 rings (SSSR count). The Labute approximate surface area is 89.6 Å². The molecule has 0 bridgehead atoms. The molecule has 2 aliphatic heterocycles. The smallest absolute Gasteiger partial charge is 0.320 e. The molecule has 2 aliphatic rings. The lowest BCUT2D eigenvalue weighted by Crippen LogP contribution is -2.51. The van der Waals surface area contributed by atoms with E-state index in [-0.39, 0.29) is 12.1 Å². The minimum atomic E-state index is -0.344. The first kappa shape index (κ1) is 10.7. The van der Waals surface area contributed by atoms with Gasteiger partial charge < -0.3 is 19.6 Å². The van der Waals surface area contributed by atoms with Crippen molar-refractivity contribution in [2.45, 2.75) is 18.9 Å². The van der Waals surface area contributed by atoms with Gasteiger partial charge in [0.25, 0.3) is 0 Å². The molecule has 1 atom stereocenters. The largest absolute Gasteiger partial charge is 0.391 e. The number of amides is 2. The Kier molecular flexibility index (Phi) is 3.43. The fourth-order valence-electron chi connectivity index (χ4n) is 2.08. The van der Waals surface area contributed by atoms with Crippen molar-refractivity contribution in [3.05, 3.63) is 0 Å². The molecule has 5 nitrogen and oxygen atoms in total. The topological polar surface area (TPSA) is 53.0 Å². The van der Waals surface area contributed by atoms with Crippen LogP contribution in [0, 0.1) is 0 Å². The summed E-state index contributed by atoms with van der Waals surface area (Å²) >= 11 is 0. The number of urea groups is 1. The van der Waals surface area contributed by atoms with Crippen LogP contribution in [0.1, 0.15) is 12.8 Å². The normalized spacial score (nSPS) is 27.9. The first-order valence-corrected chi connectivity index (χ1v) is 5.57. The van der Waals surface area contributed by atoms with Crippen molar-refractivity contribution in [2.75, 3.05) is 39.4 Å². The minimum Gasteiger partial charge on any atom is -0.391 e. The molecule has 0 spiro atoms. The molecule has 1 N–H and O–H groups in total. The van der Waals surface area contributed by atoms with Gasteiger partial charge in [0, 0.05) is 26.2 Å². The van der Waals surface area contributed by atoms with Crippen LogP contribution in [0.3, 0.4) is 0 Å². The third kappa shape index (κ3) is 2.60. The quantitative estimate of drug-likeness (QED) is 0.612. The number of likely N-dealkylation sites (tertiary alicyclic amines) is 1. The predicted octanol–water partition coefficient (Wildman–Crippen LogP) is -0.105. The molecule has 5 heteroatoms. The SMILES string of the molecule is O=C(N1CCOCC1)N1CCC[C@H](O)C1. The molecule has 86 valence electrons. The second kappa shape index (κ2) is 4.81. The summed E-state index contributed by atoms with van der Waals surface area (Å²) in [6.45, 7) is 3.85. The van der Waals surface area contributed by atoms with E-state index < -0.39 is 0 Å². The number of aliphatic hydroxyl groups is 1. The van der Waals surface area contributed by atoms with E-state index in [2.05, 4.69) is 0 Å². The van der Waals surface area contributed by atoms with Gasteiger partial charge in [0.15, 0.2) is 0 Å². The van der Waals surface area contributed by atoms with Crippen LogP contribution in [0.2, 0.25) is 0 Å². The number of carbonyl (C=O) groups is 1. The lowest BCUT2D eigenvalue weighted by atomic mass is 10.1. The predicted molar refractivity (Wildman–Crippen MR) is 54.6 cm³/mol. The first-order valence-electron chi connectivity index (χ1n) is 5.57. The zero-order valence-electron chi connectivity index (χ0n) is 8.89. The summed E-state index contributed by atoms with van der Waals surface area (Å²) in [6, 6.07) is 0.0528. The summed E-state index contributed by atoms with van der Waals surface area (Å²) in [6.07, 6.45) is 1.37.